The number of rotatable bonds is 8. The minimum atomic E-state index is -0.716. The second-order valence-electron chi connectivity index (χ2n) is 6.66. The molecule has 0 aromatic heterocycles. The molecule has 7 heteroatoms. The van der Waals surface area contributed by atoms with Gasteiger partial charge in [0, 0.05) is 6.42 Å². The molecule has 2 aromatic rings. The molecule has 1 aliphatic rings. The summed E-state index contributed by atoms with van der Waals surface area (Å²) in [5.41, 5.74) is 1.66. The van der Waals surface area contributed by atoms with Gasteiger partial charge >= 0.3 is 6.03 Å². The van der Waals surface area contributed by atoms with Gasteiger partial charge in [0.05, 0.1) is 19.2 Å². The van der Waals surface area contributed by atoms with E-state index in [-0.39, 0.29) is 37.8 Å². The first-order valence-corrected chi connectivity index (χ1v) is 9.19. The Bertz CT molecular complexity index is 826. The first-order valence-electron chi connectivity index (χ1n) is 9.19. The quantitative estimate of drug-likeness (QED) is 0.607. The highest BCUT2D eigenvalue weighted by Gasteiger charge is 2.37. The number of aliphatic hydroxyl groups excluding tert-OH is 1. The molecule has 0 saturated carbocycles. The second-order valence-corrected chi connectivity index (χ2v) is 6.66. The number of nitrogens with one attached hydrogen (secondary N) is 2. The maximum atomic E-state index is 12.5. The van der Waals surface area contributed by atoms with Gasteiger partial charge in [0.1, 0.15) is 6.04 Å². The van der Waals surface area contributed by atoms with Crippen LogP contribution in [0.2, 0.25) is 0 Å². The lowest BCUT2D eigenvalue weighted by molar-refractivity contribution is -0.128. The van der Waals surface area contributed by atoms with Gasteiger partial charge in [-0.05, 0) is 17.5 Å². The molecule has 1 aliphatic heterocycles. The Morgan fingerprint density at radius 2 is 1.71 bits per heavy atom. The van der Waals surface area contributed by atoms with Crippen LogP contribution >= 0.6 is 0 Å². The van der Waals surface area contributed by atoms with Crippen LogP contribution in [-0.4, -0.2) is 40.5 Å². The van der Waals surface area contributed by atoms with Gasteiger partial charge in [0.25, 0.3) is 5.91 Å². The highest BCUT2D eigenvalue weighted by molar-refractivity contribution is 6.04. The molecule has 4 amide bonds. The van der Waals surface area contributed by atoms with Gasteiger partial charge in [-0.15, -0.1) is 0 Å². The van der Waals surface area contributed by atoms with Crippen molar-refractivity contribution in [3.05, 3.63) is 71.8 Å². The molecule has 1 fully saturated rings. The van der Waals surface area contributed by atoms with E-state index in [2.05, 4.69) is 10.6 Å². The van der Waals surface area contributed by atoms with Crippen LogP contribution in [0.25, 0.3) is 0 Å². The molecular formula is C21H23N3O4. The fourth-order valence-electron chi connectivity index (χ4n) is 3.15. The number of carbonyl (C=O) groups excluding carboxylic acids is 3. The third kappa shape index (κ3) is 4.75. The average molecular weight is 381 g/mol. The van der Waals surface area contributed by atoms with Crippen LogP contribution in [0.4, 0.5) is 4.79 Å². The minimum absolute atomic E-state index is 0.0686. The smallest absolute Gasteiger partial charge is 0.325 e. The molecule has 28 heavy (non-hydrogen) atoms. The largest absolute Gasteiger partial charge is 0.394 e. The normalized spacial score (nSPS) is 17.3. The summed E-state index contributed by atoms with van der Waals surface area (Å²) in [5.74, 6) is -0.616. The number of urea groups is 1. The number of amides is 4. The Morgan fingerprint density at radius 1 is 1.07 bits per heavy atom. The molecule has 3 rings (SSSR count). The zero-order valence-electron chi connectivity index (χ0n) is 15.4. The number of carbonyl (C=O) groups is 3. The lowest BCUT2D eigenvalue weighted by atomic mass is 10.1. The Hall–Kier alpha value is -3.19. The number of imide groups is 1. The van der Waals surface area contributed by atoms with E-state index in [0.29, 0.717) is 0 Å². The summed E-state index contributed by atoms with van der Waals surface area (Å²) in [6.07, 6.45) is 0.272. The molecule has 0 unspecified atom stereocenters. The van der Waals surface area contributed by atoms with Crippen LogP contribution < -0.4 is 10.6 Å². The molecule has 0 spiro atoms. The van der Waals surface area contributed by atoms with Gasteiger partial charge in [-0.3, -0.25) is 14.5 Å². The molecule has 1 heterocycles. The summed E-state index contributed by atoms with van der Waals surface area (Å²) in [5, 5.41) is 14.9. The Kier molecular flexibility index (Phi) is 6.39. The highest BCUT2D eigenvalue weighted by atomic mass is 16.3. The number of benzene rings is 2. The van der Waals surface area contributed by atoms with E-state index in [1.807, 2.05) is 60.7 Å². The summed E-state index contributed by atoms with van der Waals surface area (Å²) in [6, 6.07) is 16.8. The van der Waals surface area contributed by atoms with Crippen molar-refractivity contribution in [1.29, 1.82) is 0 Å². The van der Waals surface area contributed by atoms with Crippen molar-refractivity contribution >= 4 is 17.8 Å². The summed E-state index contributed by atoms with van der Waals surface area (Å²) in [4.78, 5) is 38.0. The molecule has 1 saturated heterocycles. The first-order chi connectivity index (χ1) is 13.6. The van der Waals surface area contributed by atoms with Crippen molar-refractivity contribution in [2.75, 3.05) is 6.61 Å². The van der Waals surface area contributed by atoms with E-state index in [1.54, 1.807) is 0 Å². The van der Waals surface area contributed by atoms with Gasteiger partial charge in [-0.25, -0.2) is 4.79 Å². The standard InChI is InChI=1S/C21H23N3O4/c25-14-18(16-9-5-2-6-10-16)22-19(26)12-11-17-20(27)24(21(28)23-17)13-15-7-3-1-4-8-15/h1-10,17-18,25H,11-14H2,(H,22,26)(H,23,28)/t17-,18-/m0/s1. The monoisotopic (exact) mass is 381 g/mol. The zero-order chi connectivity index (χ0) is 19.9. The van der Waals surface area contributed by atoms with E-state index >= 15 is 0 Å². The average Bonchev–Trinajstić information content (AvgIpc) is 2.99. The Labute approximate surface area is 163 Å². The van der Waals surface area contributed by atoms with E-state index in [1.165, 1.54) is 4.90 Å². The van der Waals surface area contributed by atoms with Crippen molar-refractivity contribution < 1.29 is 19.5 Å². The topological polar surface area (TPSA) is 98.7 Å². The SMILES string of the molecule is O=C(CC[C@@H]1NC(=O)N(Cc2ccccc2)C1=O)N[C@@H](CO)c1ccccc1. The van der Waals surface area contributed by atoms with E-state index in [9.17, 15) is 19.5 Å². The van der Waals surface area contributed by atoms with Crippen molar-refractivity contribution in [2.45, 2.75) is 31.5 Å². The molecule has 7 nitrogen and oxygen atoms in total. The Morgan fingerprint density at radius 3 is 2.36 bits per heavy atom. The van der Waals surface area contributed by atoms with Crippen molar-refractivity contribution in [1.82, 2.24) is 15.5 Å². The summed E-state index contributed by atoms with van der Waals surface area (Å²) in [7, 11) is 0. The zero-order valence-corrected chi connectivity index (χ0v) is 15.4. The maximum absolute atomic E-state index is 12.5. The van der Waals surface area contributed by atoms with Gasteiger partial charge in [-0.1, -0.05) is 60.7 Å². The third-order valence-electron chi connectivity index (χ3n) is 4.67. The molecule has 3 N–H and O–H groups in total. The molecule has 2 aromatic carbocycles. The molecule has 146 valence electrons. The van der Waals surface area contributed by atoms with Gasteiger partial charge in [0.15, 0.2) is 0 Å². The molecule has 0 bridgehead atoms. The summed E-state index contributed by atoms with van der Waals surface area (Å²) >= 11 is 0. The van der Waals surface area contributed by atoms with Crippen LogP contribution in [-0.2, 0) is 16.1 Å². The van der Waals surface area contributed by atoms with Crippen LogP contribution in [0.15, 0.2) is 60.7 Å². The lowest BCUT2D eigenvalue weighted by Crippen LogP contribution is -2.34. The van der Waals surface area contributed by atoms with E-state index in [0.717, 1.165) is 11.1 Å². The van der Waals surface area contributed by atoms with Crippen LogP contribution in [0.1, 0.15) is 30.0 Å². The first kappa shape index (κ1) is 19.6. The predicted octanol–water partition coefficient (Wildman–Crippen LogP) is 1.74. The van der Waals surface area contributed by atoms with Crippen molar-refractivity contribution in [2.24, 2.45) is 0 Å². The fourth-order valence-corrected chi connectivity index (χ4v) is 3.15. The number of nitrogens with zero attached hydrogens (tertiary/aromatic N) is 1. The fraction of sp³-hybridized carbons (Fsp3) is 0.286. The van der Waals surface area contributed by atoms with Crippen molar-refractivity contribution in [3.63, 3.8) is 0 Å². The third-order valence-corrected chi connectivity index (χ3v) is 4.67. The predicted molar refractivity (Wildman–Crippen MR) is 103 cm³/mol. The number of hydrogen-bond donors (Lipinski definition) is 3. The Balaban J connectivity index is 1.52. The highest BCUT2D eigenvalue weighted by Crippen LogP contribution is 2.16. The molecule has 2 atom stereocenters. The van der Waals surface area contributed by atoms with Crippen LogP contribution in [0.3, 0.4) is 0 Å². The van der Waals surface area contributed by atoms with E-state index in [4.69, 9.17) is 0 Å². The lowest BCUT2D eigenvalue weighted by Gasteiger charge is -2.17. The maximum Gasteiger partial charge on any atom is 0.325 e. The van der Waals surface area contributed by atoms with Gasteiger partial charge < -0.3 is 15.7 Å². The van der Waals surface area contributed by atoms with Crippen molar-refractivity contribution in [3.8, 4) is 0 Å². The number of aliphatic hydroxyl groups is 1. The van der Waals surface area contributed by atoms with E-state index < -0.39 is 18.1 Å². The minimum Gasteiger partial charge on any atom is -0.394 e. The molecule has 0 aliphatic carbocycles. The van der Waals surface area contributed by atoms with Gasteiger partial charge in [-0.2, -0.15) is 0 Å². The number of hydrogen-bond acceptors (Lipinski definition) is 4. The second kappa shape index (κ2) is 9.14. The van der Waals surface area contributed by atoms with Gasteiger partial charge in [0.2, 0.25) is 5.91 Å². The summed E-state index contributed by atoms with van der Waals surface area (Å²) in [6.45, 7) is -0.0193. The van der Waals surface area contributed by atoms with Crippen LogP contribution in [0.5, 0.6) is 0 Å². The molecule has 0 radical (unpaired) electrons. The van der Waals surface area contributed by atoms with Crippen LogP contribution in [0, 0.1) is 0 Å². The molecular weight excluding hydrogens is 358 g/mol. The summed E-state index contributed by atoms with van der Waals surface area (Å²) < 4.78 is 0.